The summed E-state index contributed by atoms with van der Waals surface area (Å²) in [5.41, 5.74) is 0. The Balaban J connectivity index is 2.53. The second-order valence-corrected chi connectivity index (χ2v) is 4.57. The molecule has 0 spiro atoms. The third-order valence-electron chi connectivity index (χ3n) is 2.56. The average molecular weight is 256 g/mol. The molecule has 1 heterocycles. The third kappa shape index (κ3) is 4.76. The summed E-state index contributed by atoms with van der Waals surface area (Å²) in [6, 6.07) is 0. The molecule has 0 aliphatic carbocycles. The molecule has 0 aromatic carbocycles. The summed E-state index contributed by atoms with van der Waals surface area (Å²) in [4.78, 5) is 4.27. The lowest BCUT2D eigenvalue weighted by molar-refractivity contribution is -0.00262. The van der Waals surface area contributed by atoms with E-state index >= 15 is 0 Å². The fraction of sp³-hybridized carbons (Fsp3) is 0.769. The van der Waals surface area contributed by atoms with Crippen LogP contribution in [0.25, 0.3) is 0 Å². The molecule has 1 N–H and O–H groups in total. The van der Waals surface area contributed by atoms with E-state index in [0.717, 1.165) is 5.82 Å². The molecule has 0 radical (unpaired) electrons. The van der Waals surface area contributed by atoms with Gasteiger partial charge < -0.3 is 19.1 Å². The van der Waals surface area contributed by atoms with Crippen LogP contribution >= 0.6 is 0 Å². The quantitative estimate of drug-likeness (QED) is 0.770. The Morgan fingerprint density at radius 1 is 1.33 bits per heavy atom. The molecule has 104 valence electrons. The molecule has 18 heavy (non-hydrogen) atoms. The normalized spacial score (nSPS) is 15.0. The molecule has 0 saturated heterocycles. The van der Waals surface area contributed by atoms with E-state index in [4.69, 9.17) is 9.47 Å². The van der Waals surface area contributed by atoms with Crippen LogP contribution in [-0.4, -0.2) is 40.1 Å². The van der Waals surface area contributed by atoms with Gasteiger partial charge in [0.25, 0.3) is 0 Å². The first kappa shape index (κ1) is 15.1. The molecule has 0 bridgehead atoms. The predicted octanol–water partition coefficient (Wildman–Crippen LogP) is 1.77. The van der Waals surface area contributed by atoms with E-state index in [-0.39, 0.29) is 12.2 Å². The zero-order chi connectivity index (χ0) is 13.5. The van der Waals surface area contributed by atoms with Gasteiger partial charge in [0.1, 0.15) is 11.9 Å². The Morgan fingerprint density at radius 3 is 2.67 bits per heavy atom. The molecule has 2 atom stereocenters. The number of hydrogen-bond donors (Lipinski definition) is 1. The van der Waals surface area contributed by atoms with Crippen LogP contribution < -0.4 is 0 Å². The molecular weight excluding hydrogens is 232 g/mol. The largest absolute Gasteiger partial charge is 0.389 e. The number of aliphatic hydroxyl groups excluding tert-OH is 1. The van der Waals surface area contributed by atoms with E-state index in [0.29, 0.717) is 19.8 Å². The minimum Gasteiger partial charge on any atom is -0.389 e. The van der Waals surface area contributed by atoms with Gasteiger partial charge in [0, 0.05) is 19.0 Å². The van der Waals surface area contributed by atoms with Gasteiger partial charge in [0.15, 0.2) is 0 Å². The topological polar surface area (TPSA) is 56.5 Å². The van der Waals surface area contributed by atoms with Crippen LogP contribution in [0.5, 0.6) is 0 Å². The Morgan fingerprint density at radius 2 is 2.06 bits per heavy atom. The first-order chi connectivity index (χ1) is 8.54. The Bertz CT molecular complexity index is 339. The number of imidazole rings is 1. The number of hydrogen-bond acceptors (Lipinski definition) is 4. The van der Waals surface area contributed by atoms with Gasteiger partial charge in [-0.15, -0.1) is 0 Å². The standard InChI is InChI=1S/C13H24N2O3/c1-5-17-11(4)13-14-6-7-15(13)8-12(16)9-18-10(2)3/h6-7,10-12,16H,5,8-9H2,1-4H3. The summed E-state index contributed by atoms with van der Waals surface area (Å²) in [6.07, 6.45) is 3.10. The van der Waals surface area contributed by atoms with Crippen molar-refractivity contribution in [3.8, 4) is 0 Å². The predicted molar refractivity (Wildman–Crippen MR) is 69.4 cm³/mol. The molecule has 1 aromatic heterocycles. The lowest BCUT2D eigenvalue weighted by atomic mass is 10.3. The van der Waals surface area contributed by atoms with Crippen LogP contribution in [0.1, 0.15) is 39.6 Å². The van der Waals surface area contributed by atoms with E-state index in [1.807, 2.05) is 38.5 Å². The van der Waals surface area contributed by atoms with Gasteiger partial charge in [-0.25, -0.2) is 4.98 Å². The highest BCUT2D eigenvalue weighted by Crippen LogP contribution is 2.15. The maximum Gasteiger partial charge on any atom is 0.137 e. The van der Waals surface area contributed by atoms with Crippen LogP contribution in [0.4, 0.5) is 0 Å². The van der Waals surface area contributed by atoms with Gasteiger partial charge >= 0.3 is 0 Å². The molecule has 0 fully saturated rings. The number of nitrogens with zero attached hydrogens (tertiary/aromatic N) is 2. The lowest BCUT2D eigenvalue weighted by Crippen LogP contribution is -2.25. The number of ether oxygens (including phenoxy) is 2. The highest BCUT2D eigenvalue weighted by molar-refractivity contribution is 4.96. The van der Waals surface area contributed by atoms with Gasteiger partial charge in [-0.1, -0.05) is 0 Å². The summed E-state index contributed by atoms with van der Waals surface area (Å²) in [5.74, 6) is 0.834. The van der Waals surface area contributed by atoms with E-state index in [1.165, 1.54) is 0 Å². The SMILES string of the molecule is CCOC(C)c1nccn1CC(O)COC(C)C. The van der Waals surface area contributed by atoms with Crippen molar-refractivity contribution >= 4 is 0 Å². The number of rotatable bonds is 8. The first-order valence-corrected chi connectivity index (χ1v) is 6.46. The Hall–Kier alpha value is -0.910. The van der Waals surface area contributed by atoms with Gasteiger partial charge in [-0.3, -0.25) is 0 Å². The molecule has 0 amide bonds. The Labute approximate surface area is 109 Å². The second kappa shape index (κ2) is 7.51. The summed E-state index contributed by atoms with van der Waals surface area (Å²) in [7, 11) is 0. The first-order valence-electron chi connectivity index (χ1n) is 6.46. The summed E-state index contributed by atoms with van der Waals surface area (Å²) in [5, 5.41) is 9.89. The zero-order valence-corrected chi connectivity index (χ0v) is 11.7. The number of aromatic nitrogens is 2. The molecule has 0 saturated carbocycles. The highest BCUT2D eigenvalue weighted by Gasteiger charge is 2.14. The molecule has 5 heteroatoms. The van der Waals surface area contributed by atoms with Crippen molar-refractivity contribution in [2.45, 2.75) is 52.6 Å². The van der Waals surface area contributed by atoms with E-state index < -0.39 is 6.10 Å². The van der Waals surface area contributed by atoms with Crippen molar-refractivity contribution < 1.29 is 14.6 Å². The van der Waals surface area contributed by atoms with Crippen LogP contribution in [0, 0.1) is 0 Å². The molecule has 2 unspecified atom stereocenters. The second-order valence-electron chi connectivity index (χ2n) is 4.57. The van der Waals surface area contributed by atoms with Gasteiger partial charge in [-0.2, -0.15) is 0 Å². The number of aliphatic hydroxyl groups is 1. The molecular formula is C13H24N2O3. The van der Waals surface area contributed by atoms with Crippen molar-refractivity contribution in [3.63, 3.8) is 0 Å². The maximum atomic E-state index is 9.89. The van der Waals surface area contributed by atoms with Crippen molar-refractivity contribution in [2.75, 3.05) is 13.2 Å². The molecule has 0 aliphatic rings. The van der Waals surface area contributed by atoms with E-state index in [9.17, 15) is 5.11 Å². The smallest absolute Gasteiger partial charge is 0.137 e. The van der Waals surface area contributed by atoms with E-state index in [2.05, 4.69) is 4.98 Å². The van der Waals surface area contributed by atoms with Gasteiger partial charge in [0.05, 0.1) is 25.4 Å². The van der Waals surface area contributed by atoms with Crippen molar-refractivity contribution in [1.82, 2.24) is 9.55 Å². The van der Waals surface area contributed by atoms with Crippen LogP contribution in [-0.2, 0) is 16.0 Å². The van der Waals surface area contributed by atoms with Gasteiger partial charge in [-0.05, 0) is 27.7 Å². The van der Waals surface area contributed by atoms with Crippen LogP contribution in [0.2, 0.25) is 0 Å². The fourth-order valence-corrected chi connectivity index (χ4v) is 1.74. The average Bonchev–Trinajstić information content (AvgIpc) is 2.75. The molecule has 1 aromatic rings. The zero-order valence-electron chi connectivity index (χ0n) is 11.7. The van der Waals surface area contributed by atoms with Gasteiger partial charge in [0.2, 0.25) is 0 Å². The molecule has 5 nitrogen and oxygen atoms in total. The summed E-state index contributed by atoms with van der Waals surface area (Å²) in [6.45, 7) is 9.26. The highest BCUT2D eigenvalue weighted by atomic mass is 16.5. The van der Waals surface area contributed by atoms with E-state index in [1.54, 1.807) is 6.20 Å². The third-order valence-corrected chi connectivity index (χ3v) is 2.56. The fourth-order valence-electron chi connectivity index (χ4n) is 1.74. The Kier molecular flexibility index (Phi) is 6.32. The van der Waals surface area contributed by atoms with Crippen molar-refractivity contribution in [3.05, 3.63) is 18.2 Å². The molecule has 1 rings (SSSR count). The maximum absolute atomic E-state index is 9.89. The summed E-state index contributed by atoms with van der Waals surface area (Å²) < 4.78 is 12.8. The van der Waals surface area contributed by atoms with Crippen LogP contribution in [0.3, 0.4) is 0 Å². The van der Waals surface area contributed by atoms with Crippen LogP contribution in [0.15, 0.2) is 12.4 Å². The minimum atomic E-state index is -0.533. The minimum absolute atomic E-state index is 0.0665. The monoisotopic (exact) mass is 256 g/mol. The lowest BCUT2D eigenvalue weighted by Gasteiger charge is -2.18. The van der Waals surface area contributed by atoms with Crippen molar-refractivity contribution in [1.29, 1.82) is 0 Å². The molecule has 0 aliphatic heterocycles. The van der Waals surface area contributed by atoms with Crippen molar-refractivity contribution in [2.24, 2.45) is 0 Å². The summed E-state index contributed by atoms with van der Waals surface area (Å²) >= 11 is 0.